The standard InChI is InChI=1S/C17H13FN6OS/c1-23-9-8-14(21-23)19-17(25)15-20-16(13-3-2-10-26-13)24(22-15)12-6-4-11(18)5-7-12/h2-10H,1H3,(H,19,21,25). The van der Waals surface area contributed by atoms with Crippen LogP contribution in [-0.2, 0) is 7.05 Å². The molecule has 1 aromatic carbocycles. The Labute approximate surface area is 151 Å². The lowest BCUT2D eigenvalue weighted by molar-refractivity contribution is 0.101. The van der Waals surface area contributed by atoms with Crippen LogP contribution in [0.4, 0.5) is 10.2 Å². The second kappa shape index (κ2) is 6.52. The van der Waals surface area contributed by atoms with Crippen molar-refractivity contribution in [3.63, 3.8) is 0 Å². The number of nitrogens with one attached hydrogen (secondary N) is 1. The van der Waals surface area contributed by atoms with Crippen LogP contribution in [0.25, 0.3) is 16.4 Å². The summed E-state index contributed by atoms with van der Waals surface area (Å²) in [5.41, 5.74) is 0.610. The van der Waals surface area contributed by atoms with Gasteiger partial charge in [-0.15, -0.1) is 16.4 Å². The van der Waals surface area contributed by atoms with Gasteiger partial charge in [-0.3, -0.25) is 9.48 Å². The Hall–Kier alpha value is -3.33. The Balaban J connectivity index is 1.73. The minimum atomic E-state index is -0.470. The van der Waals surface area contributed by atoms with E-state index in [-0.39, 0.29) is 11.6 Å². The summed E-state index contributed by atoms with van der Waals surface area (Å²) in [4.78, 5) is 17.7. The third kappa shape index (κ3) is 3.11. The van der Waals surface area contributed by atoms with Crippen LogP contribution in [0.2, 0.25) is 0 Å². The number of rotatable bonds is 4. The highest BCUT2D eigenvalue weighted by molar-refractivity contribution is 7.13. The van der Waals surface area contributed by atoms with Crippen molar-refractivity contribution >= 4 is 23.1 Å². The van der Waals surface area contributed by atoms with Crippen molar-refractivity contribution in [2.24, 2.45) is 7.05 Å². The first kappa shape index (κ1) is 16.2. The van der Waals surface area contributed by atoms with Crippen molar-refractivity contribution in [3.8, 4) is 16.4 Å². The van der Waals surface area contributed by atoms with Crippen molar-refractivity contribution in [1.29, 1.82) is 0 Å². The quantitative estimate of drug-likeness (QED) is 0.600. The molecule has 3 heterocycles. The Morgan fingerprint density at radius 1 is 1.15 bits per heavy atom. The fourth-order valence-electron chi connectivity index (χ4n) is 2.39. The summed E-state index contributed by atoms with van der Waals surface area (Å²) >= 11 is 1.48. The second-order valence-electron chi connectivity index (χ2n) is 5.45. The minimum Gasteiger partial charge on any atom is -0.302 e. The summed E-state index contributed by atoms with van der Waals surface area (Å²) in [6, 6.07) is 11.3. The number of nitrogens with zero attached hydrogens (tertiary/aromatic N) is 5. The van der Waals surface area contributed by atoms with Crippen molar-refractivity contribution in [2.75, 3.05) is 5.32 Å². The zero-order chi connectivity index (χ0) is 18.1. The van der Waals surface area contributed by atoms with E-state index in [2.05, 4.69) is 20.5 Å². The van der Waals surface area contributed by atoms with Gasteiger partial charge >= 0.3 is 0 Å². The maximum Gasteiger partial charge on any atom is 0.296 e. The van der Waals surface area contributed by atoms with Crippen molar-refractivity contribution in [2.45, 2.75) is 0 Å². The summed E-state index contributed by atoms with van der Waals surface area (Å²) in [5.74, 6) is 0.108. The number of hydrogen-bond acceptors (Lipinski definition) is 5. The number of amides is 1. The van der Waals surface area contributed by atoms with Gasteiger partial charge in [-0.25, -0.2) is 14.1 Å². The number of halogens is 1. The highest BCUT2D eigenvalue weighted by Gasteiger charge is 2.20. The topological polar surface area (TPSA) is 77.6 Å². The molecule has 1 amide bonds. The maximum absolute atomic E-state index is 13.2. The zero-order valence-corrected chi connectivity index (χ0v) is 14.4. The predicted octanol–water partition coefficient (Wildman–Crippen LogP) is 3.12. The molecule has 26 heavy (non-hydrogen) atoms. The zero-order valence-electron chi connectivity index (χ0n) is 13.6. The third-order valence-electron chi connectivity index (χ3n) is 3.58. The van der Waals surface area contributed by atoms with Gasteiger partial charge in [-0.05, 0) is 35.7 Å². The molecular formula is C17H13FN6OS. The number of hydrogen-bond donors (Lipinski definition) is 1. The van der Waals surface area contributed by atoms with Gasteiger partial charge in [0.15, 0.2) is 11.6 Å². The second-order valence-corrected chi connectivity index (χ2v) is 6.40. The minimum absolute atomic E-state index is 0.00313. The van der Waals surface area contributed by atoms with Gasteiger partial charge in [0.2, 0.25) is 5.82 Å². The van der Waals surface area contributed by atoms with Crippen LogP contribution in [0.5, 0.6) is 0 Å². The van der Waals surface area contributed by atoms with E-state index in [1.807, 2.05) is 17.5 Å². The molecule has 4 aromatic rings. The van der Waals surface area contributed by atoms with E-state index in [9.17, 15) is 9.18 Å². The van der Waals surface area contributed by atoms with E-state index in [0.717, 1.165) is 4.88 Å². The monoisotopic (exact) mass is 368 g/mol. The van der Waals surface area contributed by atoms with Crippen LogP contribution in [0, 0.1) is 5.82 Å². The molecule has 9 heteroatoms. The van der Waals surface area contributed by atoms with Gasteiger partial charge in [0.1, 0.15) is 5.82 Å². The highest BCUT2D eigenvalue weighted by Crippen LogP contribution is 2.25. The van der Waals surface area contributed by atoms with Gasteiger partial charge in [0.05, 0.1) is 10.6 Å². The van der Waals surface area contributed by atoms with Gasteiger partial charge in [-0.1, -0.05) is 6.07 Å². The summed E-state index contributed by atoms with van der Waals surface area (Å²) in [6.07, 6.45) is 1.72. The largest absolute Gasteiger partial charge is 0.302 e. The molecule has 7 nitrogen and oxygen atoms in total. The van der Waals surface area contributed by atoms with Crippen LogP contribution in [0.3, 0.4) is 0 Å². The fraction of sp³-hybridized carbons (Fsp3) is 0.0588. The molecule has 130 valence electrons. The molecule has 0 atom stereocenters. The van der Waals surface area contributed by atoms with Crippen LogP contribution in [0.15, 0.2) is 54.0 Å². The van der Waals surface area contributed by atoms with E-state index in [0.29, 0.717) is 17.3 Å². The number of aryl methyl sites for hydroxylation is 1. The molecule has 0 fully saturated rings. The van der Waals surface area contributed by atoms with E-state index in [1.165, 1.54) is 28.2 Å². The van der Waals surface area contributed by atoms with Crippen molar-refractivity contribution in [3.05, 3.63) is 65.7 Å². The fourth-order valence-corrected chi connectivity index (χ4v) is 3.09. The maximum atomic E-state index is 13.2. The summed E-state index contributed by atoms with van der Waals surface area (Å²) in [6.45, 7) is 0. The number of aromatic nitrogens is 5. The number of anilines is 1. The lowest BCUT2D eigenvalue weighted by atomic mass is 10.3. The van der Waals surface area contributed by atoms with Crippen molar-refractivity contribution in [1.82, 2.24) is 24.5 Å². The average molecular weight is 368 g/mol. The first-order valence-corrected chi connectivity index (χ1v) is 8.56. The number of carbonyl (C=O) groups excluding carboxylic acids is 1. The molecule has 0 bridgehead atoms. The molecule has 0 saturated heterocycles. The third-order valence-corrected chi connectivity index (χ3v) is 4.44. The molecule has 0 spiro atoms. The molecule has 0 unspecified atom stereocenters. The molecule has 1 N–H and O–H groups in total. The normalized spacial score (nSPS) is 10.8. The lowest BCUT2D eigenvalue weighted by Gasteiger charge is -2.03. The molecule has 0 aliphatic carbocycles. The predicted molar refractivity (Wildman–Crippen MR) is 95.8 cm³/mol. The van der Waals surface area contributed by atoms with Gasteiger partial charge in [-0.2, -0.15) is 5.10 Å². The van der Waals surface area contributed by atoms with E-state index < -0.39 is 5.91 Å². The molecule has 3 aromatic heterocycles. The van der Waals surface area contributed by atoms with E-state index >= 15 is 0 Å². The molecule has 0 saturated carbocycles. The summed E-state index contributed by atoms with van der Waals surface area (Å²) in [5, 5.41) is 13.0. The van der Waals surface area contributed by atoms with E-state index in [1.54, 1.807) is 36.1 Å². The first-order valence-electron chi connectivity index (χ1n) is 7.68. The van der Waals surface area contributed by atoms with Crippen LogP contribution >= 0.6 is 11.3 Å². The Morgan fingerprint density at radius 2 is 1.96 bits per heavy atom. The van der Waals surface area contributed by atoms with Crippen LogP contribution in [-0.4, -0.2) is 30.5 Å². The molecule has 4 rings (SSSR count). The number of carbonyl (C=O) groups is 1. The van der Waals surface area contributed by atoms with Gasteiger partial charge in [0.25, 0.3) is 5.91 Å². The smallest absolute Gasteiger partial charge is 0.296 e. The Bertz CT molecular complexity index is 1050. The molecule has 0 aliphatic rings. The lowest BCUT2D eigenvalue weighted by Crippen LogP contribution is -2.14. The Morgan fingerprint density at radius 3 is 2.62 bits per heavy atom. The van der Waals surface area contributed by atoms with Gasteiger partial charge in [0, 0.05) is 19.3 Å². The van der Waals surface area contributed by atoms with Crippen LogP contribution in [0.1, 0.15) is 10.6 Å². The van der Waals surface area contributed by atoms with Crippen molar-refractivity contribution < 1.29 is 9.18 Å². The average Bonchev–Trinajstić information content (AvgIpc) is 3.35. The van der Waals surface area contributed by atoms with Gasteiger partial charge < -0.3 is 5.32 Å². The Kier molecular flexibility index (Phi) is 4.05. The molecule has 0 aliphatic heterocycles. The first-order chi connectivity index (χ1) is 12.6. The van der Waals surface area contributed by atoms with E-state index in [4.69, 9.17) is 0 Å². The van der Waals surface area contributed by atoms with Crippen LogP contribution < -0.4 is 5.32 Å². The number of benzene rings is 1. The SMILES string of the molecule is Cn1ccc(NC(=O)c2nc(-c3cccs3)n(-c3ccc(F)cc3)n2)n1. The molecular weight excluding hydrogens is 355 g/mol. The molecule has 0 radical (unpaired) electrons. The summed E-state index contributed by atoms with van der Waals surface area (Å²) < 4.78 is 16.3. The highest BCUT2D eigenvalue weighted by atomic mass is 32.1. The number of thiophene rings is 1. The summed E-state index contributed by atoms with van der Waals surface area (Å²) in [7, 11) is 1.76.